The van der Waals surface area contributed by atoms with Gasteiger partial charge in [-0.2, -0.15) is 0 Å². The van der Waals surface area contributed by atoms with Gasteiger partial charge in [-0.05, 0) is 37.5 Å². The van der Waals surface area contributed by atoms with E-state index in [0.29, 0.717) is 11.8 Å². The van der Waals surface area contributed by atoms with Crippen molar-refractivity contribution in [2.24, 2.45) is 22.7 Å². The van der Waals surface area contributed by atoms with E-state index in [2.05, 4.69) is 60.7 Å². The molecular formula is C17H35NO. The molecule has 19 heavy (non-hydrogen) atoms. The molecule has 1 atom stereocenters. The normalized spacial score (nSPS) is 15.5. The lowest BCUT2D eigenvalue weighted by Gasteiger charge is -2.38. The summed E-state index contributed by atoms with van der Waals surface area (Å²) >= 11 is 0. The Morgan fingerprint density at radius 3 is 1.68 bits per heavy atom. The molecule has 0 aromatic heterocycles. The van der Waals surface area contributed by atoms with E-state index >= 15 is 0 Å². The van der Waals surface area contributed by atoms with Crippen molar-refractivity contribution in [1.82, 2.24) is 5.32 Å². The molecule has 0 radical (unpaired) electrons. The molecule has 0 saturated carbocycles. The van der Waals surface area contributed by atoms with Gasteiger partial charge in [-0.15, -0.1) is 0 Å². The molecule has 0 heterocycles. The highest BCUT2D eigenvalue weighted by Crippen LogP contribution is 2.33. The summed E-state index contributed by atoms with van der Waals surface area (Å²) in [6.07, 6.45) is 0.996. The molecule has 0 fully saturated rings. The fourth-order valence-corrected chi connectivity index (χ4v) is 1.85. The fraction of sp³-hybridized carbons (Fsp3) is 0.941. The molecule has 0 aliphatic heterocycles. The van der Waals surface area contributed by atoms with Crippen LogP contribution < -0.4 is 5.32 Å². The first-order chi connectivity index (χ1) is 8.20. The summed E-state index contributed by atoms with van der Waals surface area (Å²) in [6.45, 7) is 21.5. The molecule has 2 heteroatoms. The highest BCUT2D eigenvalue weighted by Gasteiger charge is 2.36. The van der Waals surface area contributed by atoms with Gasteiger partial charge >= 0.3 is 0 Å². The van der Waals surface area contributed by atoms with Gasteiger partial charge < -0.3 is 5.32 Å². The van der Waals surface area contributed by atoms with Crippen molar-refractivity contribution in [3.63, 3.8) is 0 Å². The number of amides is 1. The Kier molecular flexibility index (Phi) is 5.68. The number of hydrogen-bond acceptors (Lipinski definition) is 1. The van der Waals surface area contributed by atoms with E-state index in [1.54, 1.807) is 0 Å². The van der Waals surface area contributed by atoms with Gasteiger partial charge in [-0.25, -0.2) is 0 Å². The first-order valence-corrected chi connectivity index (χ1v) is 7.53. The molecule has 0 saturated heterocycles. The van der Waals surface area contributed by atoms with Crippen LogP contribution in [0.3, 0.4) is 0 Å². The Morgan fingerprint density at radius 2 is 1.37 bits per heavy atom. The zero-order chi connectivity index (χ0) is 15.6. The highest BCUT2D eigenvalue weighted by molar-refractivity contribution is 5.82. The Hall–Kier alpha value is -0.530. The monoisotopic (exact) mass is 269 g/mol. The molecule has 1 amide bonds. The molecule has 114 valence electrons. The number of rotatable bonds is 5. The van der Waals surface area contributed by atoms with Gasteiger partial charge in [0.15, 0.2) is 0 Å². The average Bonchev–Trinajstić information content (AvgIpc) is 2.13. The van der Waals surface area contributed by atoms with Crippen LogP contribution in [0.1, 0.15) is 75.7 Å². The van der Waals surface area contributed by atoms with Gasteiger partial charge in [0.2, 0.25) is 5.91 Å². The third-order valence-electron chi connectivity index (χ3n) is 4.78. The second kappa shape index (κ2) is 5.85. The van der Waals surface area contributed by atoms with Crippen molar-refractivity contribution in [3.05, 3.63) is 0 Å². The standard InChI is InChI=1S/C17H35NO/c1-12(2)17(9,10)14(19)18-16(7,8)11-13(3)15(4,5)6/h12-13H,11H2,1-10H3,(H,18,19). The average molecular weight is 269 g/mol. The zero-order valence-electron chi connectivity index (χ0n) is 14.8. The van der Waals surface area contributed by atoms with Crippen molar-refractivity contribution in [2.45, 2.75) is 81.2 Å². The van der Waals surface area contributed by atoms with E-state index in [4.69, 9.17) is 0 Å². The lowest BCUT2D eigenvalue weighted by atomic mass is 9.74. The predicted octanol–water partition coefficient (Wildman–Crippen LogP) is 4.64. The minimum Gasteiger partial charge on any atom is -0.351 e. The number of carbonyl (C=O) groups is 1. The number of hydrogen-bond donors (Lipinski definition) is 1. The zero-order valence-corrected chi connectivity index (χ0v) is 14.8. The van der Waals surface area contributed by atoms with E-state index < -0.39 is 0 Å². The molecular weight excluding hydrogens is 234 g/mol. The van der Waals surface area contributed by atoms with Crippen LogP contribution in [0.5, 0.6) is 0 Å². The lowest BCUT2D eigenvalue weighted by Crippen LogP contribution is -2.51. The SMILES string of the molecule is CC(CC(C)(C)NC(=O)C(C)(C)C(C)C)C(C)(C)C. The van der Waals surface area contributed by atoms with E-state index in [1.165, 1.54) is 0 Å². The molecule has 0 aliphatic rings. The molecule has 0 bridgehead atoms. The maximum absolute atomic E-state index is 12.4. The minimum absolute atomic E-state index is 0.157. The van der Waals surface area contributed by atoms with Crippen LogP contribution in [0.4, 0.5) is 0 Å². The summed E-state index contributed by atoms with van der Waals surface area (Å²) in [7, 11) is 0. The quantitative estimate of drug-likeness (QED) is 0.774. The van der Waals surface area contributed by atoms with Crippen molar-refractivity contribution in [3.8, 4) is 0 Å². The fourth-order valence-electron chi connectivity index (χ4n) is 1.85. The lowest BCUT2D eigenvalue weighted by molar-refractivity contribution is -0.133. The van der Waals surface area contributed by atoms with Gasteiger partial charge in [-0.1, -0.05) is 55.4 Å². The molecule has 1 unspecified atom stereocenters. The van der Waals surface area contributed by atoms with Gasteiger partial charge in [0, 0.05) is 11.0 Å². The van der Waals surface area contributed by atoms with Crippen LogP contribution in [-0.4, -0.2) is 11.4 Å². The number of carbonyl (C=O) groups excluding carboxylic acids is 1. The smallest absolute Gasteiger partial charge is 0.226 e. The van der Waals surface area contributed by atoms with E-state index in [-0.39, 0.29) is 22.3 Å². The van der Waals surface area contributed by atoms with Crippen LogP contribution in [0, 0.1) is 22.7 Å². The summed E-state index contributed by atoms with van der Waals surface area (Å²) in [5, 5.41) is 3.24. The number of nitrogens with one attached hydrogen (secondary N) is 1. The molecule has 0 spiro atoms. The maximum Gasteiger partial charge on any atom is 0.226 e. The molecule has 0 aromatic rings. The van der Waals surface area contributed by atoms with Crippen LogP contribution in [0.15, 0.2) is 0 Å². The Morgan fingerprint density at radius 1 is 0.947 bits per heavy atom. The first-order valence-electron chi connectivity index (χ1n) is 7.53. The molecule has 1 N–H and O–H groups in total. The molecule has 2 nitrogen and oxygen atoms in total. The van der Waals surface area contributed by atoms with Crippen molar-refractivity contribution < 1.29 is 4.79 Å². The highest BCUT2D eigenvalue weighted by atomic mass is 16.2. The second-order valence-electron chi connectivity index (χ2n) is 8.69. The van der Waals surface area contributed by atoms with Crippen molar-refractivity contribution in [1.29, 1.82) is 0 Å². The van der Waals surface area contributed by atoms with E-state index in [0.717, 1.165) is 6.42 Å². The maximum atomic E-state index is 12.4. The predicted molar refractivity (Wildman–Crippen MR) is 84.1 cm³/mol. The van der Waals surface area contributed by atoms with Crippen LogP contribution in [0.25, 0.3) is 0 Å². The minimum atomic E-state index is -0.317. The first kappa shape index (κ1) is 18.5. The summed E-state index contributed by atoms with van der Waals surface area (Å²) in [5.41, 5.74) is -0.201. The Bertz CT molecular complexity index is 308. The van der Waals surface area contributed by atoms with Gasteiger partial charge in [0.25, 0.3) is 0 Å². The third kappa shape index (κ3) is 5.54. The van der Waals surface area contributed by atoms with Crippen LogP contribution in [0.2, 0.25) is 0 Å². The van der Waals surface area contributed by atoms with Gasteiger partial charge in [-0.3, -0.25) is 4.79 Å². The largest absolute Gasteiger partial charge is 0.351 e. The summed E-state index contributed by atoms with van der Waals surface area (Å²) in [5.74, 6) is 1.06. The van der Waals surface area contributed by atoms with Crippen LogP contribution in [-0.2, 0) is 4.79 Å². The van der Waals surface area contributed by atoms with Gasteiger partial charge in [0.1, 0.15) is 0 Å². The topological polar surface area (TPSA) is 29.1 Å². The van der Waals surface area contributed by atoms with Crippen LogP contribution >= 0.6 is 0 Å². The summed E-state index contributed by atoms with van der Waals surface area (Å²) in [4.78, 5) is 12.4. The second-order valence-corrected chi connectivity index (χ2v) is 8.69. The summed E-state index contributed by atoms with van der Waals surface area (Å²) in [6, 6.07) is 0. The van der Waals surface area contributed by atoms with Gasteiger partial charge in [0.05, 0.1) is 0 Å². The van der Waals surface area contributed by atoms with Crippen molar-refractivity contribution in [2.75, 3.05) is 0 Å². The Labute approximate surface area is 120 Å². The van der Waals surface area contributed by atoms with E-state index in [9.17, 15) is 4.79 Å². The molecule has 0 aromatic carbocycles. The Balaban J connectivity index is 4.75. The van der Waals surface area contributed by atoms with E-state index in [1.807, 2.05) is 13.8 Å². The molecule has 0 rings (SSSR count). The summed E-state index contributed by atoms with van der Waals surface area (Å²) < 4.78 is 0. The third-order valence-corrected chi connectivity index (χ3v) is 4.78. The molecule has 0 aliphatic carbocycles. The van der Waals surface area contributed by atoms with Crippen molar-refractivity contribution >= 4 is 5.91 Å².